The molecule has 2 rings (SSSR count). The first-order chi connectivity index (χ1) is 8.46. The Morgan fingerprint density at radius 1 is 1.28 bits per heavy atom. The van der Waals surface area contributed by atoms with Crippen molar-refractivity contribution < 1.29 is 8.81 Å². The SMILES string of the molecule is CC(C)(C)NCc1coc(-c2ccccc2F)n1. The summed E-state index contributed by atoms with van der Waals surface area (Å²) in [6.07, 6.45) is 1.56. The minimum atomic E-state index is -0.324. The third-order valence-corrected chi connectivity index (χ3v) is 2.46. The predicted octanol–water partition coefficient (Wildman–Crippen LogP) is 3.37. The molecule has 2 aromatic rings. The van der Waals surface area contributed by atoms with Crippen LogP contribution in [0.5, 0.6) is 0 Å². The summed E-state index contributed by atoms with van der Waals surface area (Å²) >= 11 is 0. The van der Waals surface area contributed by atoms with Crippen LogP contribution in [0.25, 0.3) is 11.5 Å². The minimum Gasteiger partial charge on any atom is -0.444 e. The minimum absolute atomic E-state index is 0.0110. The van der Waals surface area contributed by atoms with Gasteiger partial charge in [-0.1, -0.05) is 12.1 Å². The summed E-state index contributed by atoms with van der Waals surface area (Å²) in [5, 5.41) is 3.30. The highest BCUT2D eigenvalue weighted by molar-refractivity contribution is 5.53. The summed E-state index contributed by atoms with van der Waals surface area (Å²) in [6.45, 7) is 6.82. The van der Waals surface area contributed by atoms with E-state index in [1.807, 2.05) is 0 Å². The number of nitrogens with one attached hydrogen (secondary N) is 1. The van der Waals surface area contributed by atoms with E-state index in [0.717, 1.165) is 5.69 Å². The van der Waals surface area contributed by atoms with E-state index in [9.17, 15) is 4.39 Å². The zero-order valence-electron chi connectivity index (χ0n) is 10.8. The molecule has 1 N–H and O–H groups in total. The molecule has 3 nitrogen and oxygen atoms in total. The smallest absolute Gasteiger partial charge is 0.229 e. The van der Waals surface area contributed by atoms with Crippen molar-refractivity contribution >= 4 is 0 Å². The zero-order valence-corrected chi connectivity index (χ0v) is 10.8. The molecule has 1 heterocycles. The number of hydrogen-bond donors (Lipinski definition) is 1. The Hall–Kier alpha value is -1.68. The normalized spacial score (nSPS) is 11.8. The molecule has 0 aliphatic heterocycles. The van der Waals surface area contributed by atoms with Crippen LogP contribution in [0.15, 0.2) is 34.9 Å². The van der Waals surface area contributed by atoms with E-state index in [2.05, 4.69) is 31.1 Å². The van der Waals surface area contributed by atoms with Crippen LogP contribution in [0, 0.1) is 5.82 Å². The third-order valence-electron chi connectivity index (χ3n) is 2.46. The van der Waals surface area contributed by atoms with Gasteiger partial charge in [0.1, 0.15) is 12.1 Å². The van der Waals surface area contributed by atoms with Gasteiger partial charge in [-0.2, -0.15) is 0 Å². The van der Waals surface area contributed by atoms with Gasteiger partial charge in [-0.15, -0.1) is 0 Å². The molecule has 0 amide bonds. The average Bonchev–Trinajstić information content (AvgIpc) is 2.75. The molecule has 0 aliphatic carbocycles. The molecule has 0 fully saturated rings. The molecule has 0 saturated carbocycles. The Labute approximate surface area is 106 Å². The highest BCUT2D eigenvalue weighted by atomic mass is 19.1. The van der Waals surface area contributed by atoms with Crippen LogP contribution in [0.1, 0.15) is 26.5 Å². The second-order valence-corrected chi connectivity index (χ2v) is 5.23. The summed E-state index contributed by atoms with van der Waals surface area (Å²) in [5.74, 6) is -0.00603. The lowest BCUT2D eigenvalue weighted by Crippen LogP contribution is -2.35. The fourth-order valence-corrected chi connectivity index (χ4v) is 1.50. The van der Waals surface area contributed by atoms with E-state index in [1.165, 1.54) is 6.07 Å². The van der Waals surface area contributed by atoms with E-state index < -0.39 is 0 Å². The topological polar surface area (TPSA) is 38.1 Å². The number of benzene rings is 1. The average molecular weight is 248 g/mol. The molecule has 0 atom stereocenters. The van der Waals surface area contributed by atoms with Crippen molar-refractivity contribution in [1.82, 2.24) is 10.3 Å². The molecule has 18 heavy (non-hydrogen) atoms. The summed E-state index contributed by atoms with van der Waals surface area (Å²) in [6, 6.07) is 6.45. The monoisotopic (exact) mass is 248 g/mol. The third kappa shape index (κ3) is 3.17. The molecular formula is C14H17FN2O. The maximum atomic E-state index is 13.5. The molecule has 1 aromatic heterocycles. The van der Waals surface area contributed by atoms with Crippen molar-refractivity contribution in [3.63, 3.8) is 0 Å². The zero-order chi connectivity index (χ0) is 13.2. The van der Waals surface area contributed by atoms with E-state index in [1.54, 1.807) is 24.5 Å². The van der Waals surface area contributed by atoms with Gasteiger partial charge in [0.2, 0.25) is 5.89 Å². The van der Waals surface area contributed by atoms with Crippen LogP contribution in [0.4, 0.5) is 4.39 Å². The molecule has 0 unspecified atom stereocenters. The molecule has 96 valence electrons. The number of aromatic nitrogens is 1. The van der Waals surface area contributed by atoms with E-state index in [4.69, 9.17) is 4.42 Å². The lowest BCUT2D eigenvalue weighted by molar-refractivity contribution is 0.421. The highest BCUT2D eigenvalue weighted by Gasteiger charge is 2.13. The molecule has 0 saturated heterocycles. The Kier molecular flexibility index (Phi) is 3.48. The summed E-state index contributed by atoms with van der Waals surface area (Å²) in [4.78, 5) is 4.28. The molecular weight excluding hydrogens is 231 g/mol. The van der Waals surface area contributed by atoms with Crippen LogP contribution < -0.4 is 5.32 Å². The molecule has 1 aromatic carbocycles. The Morgan fingerprint density at radius 3 is 2.67 bits per heavy atom. The fraction of sp³-hybridized carbons (Fsp3) is 0.357. The van der Waals surface area contributed by atoms with Gasteiger partial charge in [0.25, 0.3) is 0 Å². The quantitative estimate of drug-likeness (QED) is 0.905. The first-order valence-corrected chi connectivity index (χ1v) is 5.90. The van der Waals surface area contributed by atoms with Gasteiger partial charge in [0.15, 0.2) is 0 Å². The largest absolute Gasteiger partial charge is 0.444 e. The van der Waals surface area contributed by atoms with Crippen molar-refractivity contribution in [1.29, 1.82) is 0 Å². The fourth-order valence-electron chi connectivity index (χ4n) is 1.50. The van der Waals surface area contributed by atoms with Crippen molar-refractivity contribution in [2.24, 2.45) is 0 Å². The first-order valence-electron chi connectivity index (χ1n) is 5.90. The number of rotatable bonds is 3. The van der Waals surface area contributed by atoms with Crippen molar-refractivity contribution in [2.75, 3.05) is 0 Å². The van der Waals surface area contributed by atoms with Gasteiger partial charge < -0.3 is 9.73 Å². The molecule has 0 radical (unpaired) electrons. The number of halogens is 1. The Balaban J connectivity index is 2.14. The summed E-state index contributed by atoms with van der Waals surface area (Å²) < 4.78 is 18.8. The van der Waals surface area contributed by atoms with Crippen molar-refractivity contribution in [3.05, 3.63) is 42.0 Å². The Morgan fingerprint density at radius 2 is 2.00 bits per heavy atom. The van der Waals surface area contributed by atoms with Gasteiger partial charge in [-0.05, 0) is 32.9 Å². The molecule has 4 heteroatoms. The van der Waals surface area contributed by atoms with Gasteiger partial charge >= 0.3 is 0 Å². The van der Waals surface area contributed by atoms with E-state index in [0.29, 0.717) is 18.0 Å². The van der Waals surface area contributed by atoms with Crippen LogP contribution in [-0.2, 0) is 6.54 Å². The lowest BCUT2D eigenvalue weighted by atomic mass is 10.1. The van der Waals surface area contributed by atoms with Gasteiger partial charge in [-0.25, -0.2) is 9.37 Å². The van der Waals surface area contributed by atoms with Crippen molar-refractivity contribution in [2.45, 2.75) is 32.9 Å². The van der Waals surface area contributed by atoms with Gasteiger partial charge in [-0.3, -0.25) is 0 Å². The number of hydrogen-bond acceptors (Lipinski definition) is 3. The predicted molar refractivity (Wildman–Crippen MR) is 68.5 cm³/mol. The van der Waals surface area contributed by atoms with Crippen LogP contribution in [0.2, 0.25) is 0 Å². The second-order valence-electron chi connectivity index (χ2n) is 5.23. The van der Waals surface area contributed by atoms with Crippen LogP contribution in [0.3, 0.4) is 0 Å². The molecule has 0 aliphatic rings. The van der Waals surface area contributed by atoms with Gasteiger partial charge in [0.05, 0.1) is 11.3 Å². The maximum absolute atomic E-state index is 13.5. The first kappa shape index (κ1) is 12.8. The molecule has 0 spiro atoms. The maximum Gasteiger partial charge on any atom is 0.229 e. The molecule has 0 bridgehead atoms. The summed E-state index contributed by atoms with van der Waals surface area (Å²) in [5.41, 5.74) is 1.17. The number of nitrogens with zero attached hydrogens (tertiary/aromatic N) is 1. The Bertz CT molecular complexity index is 529. The van der Waals surface area contributed by atoms with Gasteiger partial charge in [0, 0.05) is 12.1 Å². The lowest BCUT2D eigenvalue weighted by Gasteiger charge is -2.19. The van der Waals surface area contributed by atoms with Crippen LogP contribution in [-0.4, -0.2) is 10.5 Å². The second kappa shape index (κ2) is 4.90. The van der Waals surface area contributed by atoms with E-state index in [-0.39, 0.29) is 11.4 Å². The highest BCUT2D eigenvalue weighted by Crippen LogP contribution is 2.21. The number of oxazole rings is 1. The van der Waals surface area contributed by atoms with E-state index >= 15 is 0 Å². The van der Waals surface area contributed by atoms with Crippen molar-refractivity contribution in [3.8, 4) is 11.5 Å². The summed E-state index contributed by atoms with van der Waals surface area (Å²) in [7, 11) is 0. The standard InChI is InChI=1S/C14H17FN2O/c1-14(2,3)16-8-10-9-18-13(17-10)11-6-4-5-7-12(11)15/h4-7,9,16H,8H2,1-3H3. The van der Waals surface area contributed by atoms with Crippen LogP contribution >= 0.6 is 0 Å².